The van der Waals surface area contributed by atoms with Gasteiger partial charge in [0.1, 0.15) is 0 Å². The summed E-state index contributed by atoms with van der Waals surface area (Å²) in [7, 11) is 1.67. The van der Waals surface area contributed by atoms with Crippen LogP contribution in [0.2, 0.25) is 0 Å². The van der Waals surface area contributed by atoms with E-state index in [9.17, 15) is 4.79 Å². The predicted molar refractivity (Wildman–Crippen MR) is 119 cm³/mol. The number of carbonyl (C=O) groups excluding carboxylic acids is 1. The van der Waals surface area contributed by atoms with Crippen molar-refractivity contribution in [2.24, 2.45) is 4.99 Å². The Balaban J connectivity index is 0.00000225. The normalized spacial score (nSPS) is 13.2. The van der Waals surface area contributed by atoms with Gasteiger partial charge in [0, 0.05) is 25.5 Å². The van der Waals surface area contributed by atoms with Crippen LogP contribution in [0.4, 0.5) is 5.69 Å². The molecule has 0 spiro atoms. The molecule has 0 fully saturated rings. The van der Waals surface area contributed by atoms with Crippen LogP contribution in [0.1, 0.15) is 11.4 Å². The summed E-state index contributed by atoms with van der Waals surface area (Å²) in [5, 5.41) is 14.6. The van der Waals surface area contributed by atoms with Crippen molar-refractivity contribution in [2.75, 3.05) is 25.0 Å². The van der Waals surface area contributed by atoms with E-state index < -0.39 is 0 Å². The molecule has 0 atom stereocenters. The molecule has 8 nitrogen and oxygen atoms in total. The summed E-state index contributed by atoms with van der Waals surface area (Å²) >= 11 is 0. The van der Waals surface area contributed by atoms with Crippen molar-refractivity contribution in [3.8, 4) is 0 Å². The first-order valence-corrected chi connectivity index (χ1v) is 8.87. The van der Waals surface area contributed by atoms with Crippen LogP contribution in [0, 0.1) is 0 Å². The number of para-hydroxylation sites is 1. The monoisotopic (exact) mass is 491 g/mol. The Kier molecular flexibility index (Phi) is 6.45. The van der Waals surface area contributed by atoms with E-state index in [4.69, 9.17) is 0 Å². The van der Waals surface area contributed by atoms with Crippen molar-refractivity contribution < 1.29 is 4.79 Å². The number of halogens is 1. The number of benzene rings is 1. The maximum Gasteiger partial charge on any atom is 0.246 e. The van der Waals surface area contributed by atoms with Gasteiger partial charge < -0.3 is 15.5 Å². The zero-order chi connectivity index (χ0) is 18.6. The fraction of sp³-hybridized carbons (Fsp3) is 0.263. The molecule has 3 aromatic rings. The molecule has 0 saturated heterocycles. The fourth-order valence-corrected chi connectivity index (χ4v) is 3.25. The Morgan fingerprint density at radius 1 is 1.14 bits per heavy atom. The number of hydrogen-bond donors (Lipinski definition) is 2. The SMILES string of the molecule is CN=C(NCC(=O)N1CCc2ccccc21)NCc1nnc2ccccn12.I. The average Bonchev–Trinajstić information content (AvgIpc) is 3.32. The maximum absolute atomic E-state index is 12.6. The van der Waals surface area contributed by atoms with Crippen LogP contribution in [0.3, 0.4) is 0 Å². The molecule has 4 rings (SSSR count). The number of amides is 1. The lowest BCUT2D eigenvalue weighted by Gasteiger charge is -2.18. The number of rotatable bonds is 4. The van der Waals surface area contributed by atoms with Gasteiger partial charge >= 0.3 is 0 Å². The van der Waals surface area contributed by atoms with Crippen LogP contribution in [-0.2, 0) is 17.8 Å². The number of anilines is 1. The molecule has 2 N–H and O–H groups in total. The number of pyridine rings is 1. The molecule has 2 aromatic heterocycles. The Bertz CT molecular complexity index is 1000. The van der Waals surface area contributed by atoms with Gasteiger partial charge in [0.15, 0.2) is 17.4 Å². The predicted octanol–water partition coefficient (Wildman–Crippen LogP) is 1.60. The van der Waals surface area contributed by atoms with E-state index in [0.29, 0.717) is 12.5 Å². The van der Waals surface area contributed by atoms with Crippen LogP contribution in [0.5, 0.6) is 0 Å². The van der Waals surface area contributed by atoms with Crippen LogP contribution >= 0.6 is 24.0 Å². The maximum atomic E-state index is 12.6. The van der Waals surface area contributed by atoms with E-state index in [1.54, 1.807) is 7.05 Å². The fourth-order valence-electron chi connectivity index (χ4n) is 3.25. The highest BCUT2D eigenvalue weighted by atomic mass is 127. The quantitative estimate of drug-likeness (QED) is 0.329. The second kappa shape index (κ2) is 9.00. The molecule has 1 amide bonds. The number of hydrogen-bond acceptors (Lipinski definition) is 4. The van der Waals surface area contributed by atoms with E-state index in [-0.39, 0.29) is 36.4 Å². The molecule has 146 valence electrons. The summed E-state index contributed by atoms with van der Waals surface area (Å²) in [4.78, 5) is 18.6. The average molecular weight is 491 g/mol. The number of carbonyl (C=O) groups is 1. The van der Waals surface area contributed by atoms with Gasteiger partial charge in [-0.2, -0.15) is 0 Å². The minimum Gasteiger partial charge on any atom is -0.349 e. The third-order valence-corrected chi connectivity index (χ3v) is 4.62. The lowest BCUT2D eigenvalue weighted by molar-refractivity contribution is -0.117. The zero-order valence-corrected chi connectivity index (χ0v) is 17.8. The van der Waals surface area contributed by atoms with Gasteiger partial charge in [-0.3, -0.25) is 14.2 Å². The molecule has 1 aliphatic rings. The summed E-state index contributed by atoms with van der Waals surface area (Å²) in [5.41, 5.74) is 3.01. The first-order chi connectivity index (χ1) is 13.3. The van der Waals surface area contributed by atoms with Gasteiger partial charge in [0.25, 0.3) is 0 Å². The summed E-state index contributed by atoms with van der Waals surface area (Å²) in [6, 6.07) is 13.8. The Morgan fingerprint density at radius 3 is 2.82 bits per heavy atom. The highest BCUT2D eigenvalue weighted by molar-refractivity contribution is 14.0. The molecule has 0 saturated carbocycles. The second-order valence-corrected chi connectivity index (χ2v) is 6.25. The van der Waals surface area contributed by atoms with Crippen molar-refractivity contribution in [3.05, 3.63) is 60.0 Å². The van der Waals surface area contributed by atoms with Crippen LogP contribution in [0.25, 0.3) is 5.65 Å². The standard InChI is InChI=1S/C19H21N7O.HI/c1-20-19(21-12-17-24-23-16-8-4-5-10-26(16)17)22-13-18(27)25-11-9-14-6-2-3-7-15(14)25;/h2-8,10H,9,11-13H2,1H3,(H2,20,21,22);1H. The minimum atomic E-state index is 0. The van der Waals surface area contributed by atoms with Gasteiger partial charge in [0.05, 0.1) is 13.1 Å². The summed E-state index contributed by atoms with van der Waals surface area (Å²) in [6.07, 6.45) is 2.81. The van der Waals surface area contributed by atoms with Crippen molar-refractivity contribution in [1.29, 1.82) is 0 Å². The molecule has 0 aliphatic carbocycles. The number of nitrogens with one attached hydrogen (secondary N) is 2. The number of nitrogens with zero attached hydrogens (tertiary/aromatic N) is 5. The highest BCUT2D eigenvalue weighted by Crippen LogP contribution is 2.27. The molecule has 0 unspecified atom stereocenters. The highest BCUT2D eigenvalue weighted by Gasteiger charge is 2.23. The largest absolute Gasteiger partial charge is 0.349 e. The summed E-state index contributed by atoms with van der Waals surface area (Å²) < 4.78 is 1.91. The third kappa shape index (κ3) is 4.08. The molecule has 1 aliphatic heterocycles. The molecular weight excluding hydrogens is 469 g/mol. The van der Waals surface area contributed by atoms with Crippen molar-refractivity contribution in [3.63, 3.8) is 0 Å². The summed E-state index contributed by atoms with van der Waals surface area (Å²) in [6.45, 7) is 1.35. The molecule has 0 radical (unpaired) electrons. The Hall–Kier alpha value is -2.69. The van der Waals surface area contributed by atoms with Gasteiger partial charge in [0.2, 0.25) is 5.91 Å². The van der Waals surface area contributed by atoms with Crippen molar-refractivity contribution >= 4 is 47.2 Å². The van der Waals surface area contributed by atoms with Gasteiger partial charge in [-0.05, 0) is 30.2 Å². The first kappa shape index (κ1) is 20.1. The van der Waals surface area contributed by atoms with E-state index in [2.05, 4.69) is 31.9 Å². The lowest BCUT2D eigenvalue weighted by Crippen LogP contribution is -2.44. The van der Waals surface area contributed by atoms with Gasteiger partial charge in [-0.15, -0.1) is 34.2 Å². The molecular formula is C19H22IN7O. The topological polar surface area (TPSA) is 86.9 Å². The number of fused-ring (bicyclic) bond motifs is 2. The first-order valence-electron chi connectivity index (χ1n) is 8.87. The smallest absolute Gasteiger partial charge is 0.246 e. The molecule has 1 aromatic carbocycles. The van der Waals surface area contributed by atoms with E-state index in [1.165, 1.54) is 5.56 Å². The molecule has 28 heavy (non-hydrogen) atoms. The Labute approximate surface area is 180 Å². The number of guanidine groups is 1. The van der Waals surface area contributed by atoms with Crippen LogP contribution in [0.15, 0.2) is 53.7 Å². The van der Waals surface area contributed by atoms with Gasteiger partial charge in [-0.1, -0.05) is 24.3 Å². The van der Waals surface area contributed by atoms with Crippen molar-refractivity contribution in [1.82, 2.24) is 25.2 Å². The Morgan fingerprint density at radius 2 is 1.96 bits per heavy atom. The molecule has 9 heteroatoms. The van der Waals surface area contributed by atoms with Crippen molar-refractivity contribution in [2.45, 2.75) is 13.0 Å². The van der Waals surface area contributed by atoms with E-state index in [0.717, 1.165) is 30.1 Å². The zero-order valence-electron chi connectivity index (χ0n) is 15.5. The number of aliphatic imine (C=N–C) groups is 1. The molecule has 3 heterocycles. The van der Waals surface area contributed by atoms with Gasteiger partial charge in [-0.25, -0.2) is 0 Å². The van der Waals surface area contributed by atoms with Crippen LogP contribution in [-0.4, -0.2) is 46.6 Å². The van der Waals surface area contributed by atoms with E-state index in [1.807, 2.05) is 51.9 Å². The lowest BCUT2D eigenvalue weighted by atomic mass is 10.2. The van der Waals surface area contributed by atoms with E-state index >= 15 is 0 Å². The third-order valence-electron chi connectivity index (χ3n) is 4.62. The minimum absolute atomic E-state index is 0. The molecule has 0 bridgehead atoms. The second-order valence-electron chi connectivity index (χ2n) is 6.25. The van der Waals surface area contributed by atoms with Crippen LogP contribution < -0.4 is 15.5 Å². The number of aromatic nitrogens is 3. The summed E-state index contributed by atoms with van der Waals surface area (Å²) in [5.74, 6) is 1.34.